The van der Waals surface area contributed by atoms with Crippen LogP contribution in [-0.2, 0) is 0 Å². The zero-order chi connectivity index (χ0) is 24.4. The second kappa shape index (κ2) is 8.25. The van der Waals surface area contributed by atoms with Crippen LogP contribution >= 0.6 is 0 Å². The first-order valence-electron chi connectivity index (χ1n) is 13.3. The van der Waals surface area contributed by atoms with E-state index in [-0.39, 0.29) is 29.8 Å². The SMILES string of the molecule is CC(C)(C)[C@@H](O)CCC[C@H]1CC[C@H]2[C@@H]3CC=C4C[C@](O)(C(F)(F)F)CC[C@]4(C)[C@H]3CC[C@]12C. The summed E-state index contributed by atoms with van der Waals surface area (Å²) in [6, 6.07) is 0. The lowest BCUT2D eigenvalue weighted by Gasteiger charge is -2.59. The molecule has 0 heterocycles. The van der Waals surface area contributed by atoms with Crippen molar-refractivity contribution < 1.29 is 23.4 Å². The molecule has 0 unspecified atom stereocenters. The van der Waals surface area contributed by atoms with Crippen LogP contribution in [-0.4, -0.2) is 28.1 Å². The van der Waals surface area contributed by atoms with Gasteiger partial charge in [0.05, 0.1) is 6.10 Å². The smallest absolute Gasteiger partial charge is 0.393 e. The minimum absolute atomic E-state index is 0.0694. The lowest BCUT2D eigenvalue weighted by molar-refractivity contribution is -0.271. The molecule has 0 aromatic heterocycles. The van der Waals surface area contributed by atoms with Crippen molar-refractivity contribution in [2.24, 2.45) is 39.9 Å². The molecule has 0 aromatic rings. The predicted molar refractivity (Wildman–Crippen MR) is 126 cm³/mol. The van der Waals surface area contributed by atoms with E-state index in [1.807, 2.05) is 0 Å². The van der Waals surface area contributed by atoms with Crippen LogP contribution in [0, 0.1) is 39.9 Å². The third-order valence-corrected chi connectivity index (χ3v) is 10.9. The third-order valence-electron chi connectivity index (χ3n) is 10.9. The van der Waals surface area contributed by atoms with Crippen molar-refractivity contribution in [1.82, 2.24) is 0 Å². The minimum Gasteiger partial charge on any atom is -0.393 e. The van der Waals surface area contributed by atoms with Crippen LogP contribution in [0.5, 0.6) is 0 Å². The van der Waals surface area contributed by atoms with E-state index < -0.39 is 11.8 Å². The highest BCUT2D eigenvalue weighted by Gasteiger charge is 2.63. The molecule has 33 heavy (non-hydrogen) atoms. The van der Waals surface area contributed by atoms with E-state index in [4.69, 9.17) is 0 Å². The number of aliphatic hydroxyl groups excluding tert-OH is 1. The van der Waals surface area contributed by atoms with Gasteiger partial charge in [0, 0.05) is 6.42 Å². The van der Waals surface area contributed by atoms with Gasteiger partial charge >= 0.3 is 6.18 Å². The second-order valence-electron chi connectivity index (χ2n) is 13.6. The third kappa shape index (κ3) is 4.21. The van der Waals surface area contributed by atoms with Crippen LogP contribution in [0.25, 0.3) is 0 Å². The van der Waals surface area contributed by atoms with Gasteiger partial charge in [-0.05, 0) is 97.7 Å². The van der Waals surface area contributed by atoms with Gasteiger partial charge in [-0.1, -0.05) is 52.7 Å². The fraction of sp³-hybridized carbons (Fsp3) is 0.929. The Morgan fingerprint density at radius 3 is 2.36 bits per heavy atom. The number of allylic oxidation sites excluding steroid dienone is 1. The fourth-order valence-corrected chi connectivity index (χ4v) is 8.46. The van der Waals surface area contributed by atoms with E-state index in [0.717, 1.165) is 37.7 Å². The Labute approximate surface area is 198 Å². The molecule has 4 aliphatic carbocycles. The lowest BCUT2D eigenvalue weighted by atomic mass is 9.46. The van der Waals surface area contributed by atoms with Gasteiger partial charge in [0.15, 0.2) is 5.60 Å². The molecule has 0 bridgehead atoms. The topological polar surface area (TPSA) is 40.5 Å². The molecule has 4 rings (SSSR count). The Hall–Kier alpha value is -0.550. The summed E-state index contributed by atoms with van der Waals surface area (Å²) in [5.41, 5.74) is -1.64. The van der Waals surface area contributed by atoms with Crippen molar-refractivity contribution in [2.75, 3.05) is 0 Å². The molecule has 2 nitrogen and oxygen atoms in total. The van der Waals surface area contributed by atoms with Crippen LogP contribution in [0.3, 0.4) is 0 Å². The second-order valence-corrected chi connectivity index (χ2v) is 13.6. The summed E-state index contributed by atoms with van der Waals surface area (Å²) < 4.78 is 40.6. The number of fused-ring (bicyclic) bond motifs is 5. The molecule has 190 valence electrons. The number of hydrogen-bond acceptors (Lipinski definition) is 2. The lowest BCUT2D eigenvalue weighted by Crippen LogP contribution is -2.55. The Bertz CT molecular complexity index is 768. The molecule has 0 aromatic carbocycles. The average molecular weight is 471 g/mol. The van der Waals surface area contributed by atoms with E-state index in [1.165, 1.54) is 19.3 Å². The standard InChI is InChI=1S/C28H45F3O2/c1-24(2,3)23(32)8-6-7-18-10-12-21-20-11-9-19-17-27(33,28(29,30)31)16-15-26(19,5)22(20)13-14-25(18,21)4/h9,18,20-23,32-33H,6-8,10-17H2,1-5H3/t18-,20-,21-,22-,23-,25+,26-,27-/m0/s1. The van der Waals surface area contributed by atoms with E-state index in [2.05, 4.69) is 40.7 Å². The first-order chi connectivity index (χ1) is 15.1. The van der Waals surface area contributed by atoms with E-state index >= 15 is 0 Å². The maximum Gasteiger partial charge on any atom is 0.417 e. The van der Waals surface area contributed by atoms with Crippen LogP contribution in [0.2, 0.25) is 0 Å². The predicted octanol–water partition coefficient (Wildman–Crippen LogP) is 7.44. The Morgan fingerprint density at radius 2 is 1.73 bits per heavy atom. The van der Waals surface area contributed by atoms with Gasteiger partial charge in [-0.3, -0.25) is 0 Å². The van der Waals surface area contributed by atoms with Gasteiger partial charge in [-0.25, -0.2) is 0 Å². The quantitative estimate of drug-likeness (QED) is 0.419. The summed E-state index contributed by atoms with van der Waals surface area (Å²) in [7, 11) is 0. The van der Waals surface area contributed by atoms with Crippen molar-refractivity contribution in [2.45, 2.75) is 123 Å². The van der Waals surface area contributed by atoms with Crippen molar-refractivity contribution in [3.05, 3.63) is 11.6 Å². The zero-order valence-corrected chi connectivity index (χ0v) is 21.3. The van der Waals surface area contributed by atoms with Crippen LogP contribution < -0.4 is 0 Å². The van der Waals surface area contributed by atoms with Crippen LogP contribution in [0.4, 0.5) is 13.2 Å². The van der Waals surface area contributed by atoms with Gasteiger partial charge in [0.25, 0.3) is 0 Å². The van der Waals surface area contributed by atoms with Crippen LogP contribution in [0.1, 0.15) is 105 Å². The van der Waals surface area contributed by atoms with Gasteiger partial charge in [0.1, 0.15) is 0 Å². The molecule has 4 aliphatic rings. The fourth-order valence-electron chi connectivity index (χ4n) is 8.46. The number of halogens is 3. The van der Waals surface area contributed by atoms with E-state index in [9.17, 15) is 23.4 Å². The highest BCUT2D eigenvalue weighted by atomic mass is 19.4. The van der Waals surface area contributed by atoms with Crippen LogP contribution in [0.15, 0.2) is 11.6 Å². The normalized spacial score (nSPS) is 44.5. The molecule has 0 spiro atoms. The van der Waals surface area contributed by atoms with E-state index in [0.29, 0.717) is 35.5 Å². The number of hydrogen-bond donors (Lipinski definition) is 2. The minimum atomic E-state index is -4.56. The maximum absolute atomic E-state index is 13.5. The average Bonchev–Trinajstić information content (AvgIpc) is 3.03. The number of aliphatic hydroxyl groups is 2. The molecule has 0 aliphatic heterocycles. The highest BCUT2D eigenvalue weighted by Crippen LogP contribution is 2.67. The Kier molecular flexibility index (Phi) is 6.39. The molecular weight excluding hydrogens is 425 g/mol. The van der Waals surface area contributed by atoms with E-state index in [1.54, 1.807) is 0 Å². The summed E-state index contributed by atoms with van der Waals surface area (Å²) in [6.07, 6.45) is 6.01. The molecule has 3 fully saturated rings. The molecule has 0 amide bonds. The van der Waals surface area contributed by atoms with Crippen molar-refractivity contribution in [3.63, 3.8) is 0 Å². The molecule has 5 heteroatoms. The largest absolute Gasteiger partial charge is 0.417 e. The van der Waals surface area contributed by atoms with Gasteiger partial charge in [-0.15, -0.1) is 0 Å². The van der Waals surface area contributed by atoms with Crippen molar-refractivity contribution in [3.8, 4) is 0 Å². The maximum atomic E-state index is 13.5. The van der Waals surface area contributed by atoms with Crippen molar-refractivity contribution in [1.29, 1.82) is 0 Å². The molecular formula is C28H45F3O2. The number of rotatable bonds is 4. The molecule has 2 N–H and O–H groups in total. The first-order valence-corrected chi connectivity index (χ1v) is 13.3. The van der Waals surface area contributed by atoms with Gasteiger partial charge in [0.2, 0.25) is 0 Å². The Morgan fingerprint density at radius 1 is 1.03 bits per heavy atom. The summed E-state index contributed by atoms with van der Waals surface area (Å²) in [6.45, 7) is 11.0. The summed E-state index contributed by atoms with van der Waals surface area (Å²) in [4.78, 5) is 0. The number of alkyl halides is 3. The summed E-state index contributed by atoms with van der Waals surface area (Å²) >= 11 is 0. The molecule has 8 atom stereocenters. The Balaban J connectivity index is 1.46. The molecule has 0 radical (unpaired) electrons. The highest BCUT2D eigenvalue weighted by molar-refractivity contribution is 5.27. The van der Waals surface area contributed by atoms with Gasteiger partial charge in [-0.2, -0.15) is 13.2 Å². The monoisotopic (exact) mass is 470 g/mol. The molecule has 3 saturated carbocycles. The molecule has 0 saturated heterocycles. The van der Waals surface area contributed by atoms with Crippen molar-refractivity contribution >= 4 is 0 Å². The first kappa shape index (κ1) is 25.5. The summed E-state index contributed by atoms with van der Waals surface area (Å²) in [5.74, 6) is 2.33. The summed E-state index contributed by atoms with van der Waals surface area (Å²) in [5, 5.41) is 20.8. The zero-order valence-electron chi connectivity index (χ0n) is 21.3. The van der Waals surface area contributed by atoms with Gasteiger partial charge < -0.3 is 10.2 Å².